The number of rotatable bonds is 3. The Morgan fingerprint density at radius 3 is 2.85 bits per heavy atom. The summed E-state index contributed by atoms with van der Waals surface area (Å²) in [4.78, 5) is 0. The molecule has 4 unspecified atom stereocenters. The molecule has 0 spiro atoms. The van der Waals surface area contributed by atoms with Gasteiger partial charge in [-0.2, -0.15) is 0 Å². The molecule has 2 aliphatic heterocycles. The third kappa shape index (κ3) is 2.42. The lowest BCUT2D eigenvalue weighted by Gasteiger charge is -2.37. The topological polar surface area (TPSA) is 33.3 Å². The molecule has 3 heteroatoms. The van der Waals surface area contributed by atoms with Crippen molar-refractivity contribution in [3.05, 3.63) is 66.8 Å². The summed E-state index contributed by atoms with van der Waals surface area (Å²) < 4.78 is 6.02. The fraction of sp³-hybridized carbons (Fsp3) is 0.294. The van der Waals surface area contributed by atoms with Gasteiger partial charge in [0.05, 0.1) is 12.1 Å². The standard InChI is InChI=1S/C17H20N2O/c1-3-4-5-6-11-15-18-12(2)16-13-9-7-8-10-14(13)20-17(16)19-15/h3-12,15-19H,1H2,2H3/b5-4-,11-6+. The number of nitrogens with one attached hydrogen (secondary N) is 2. The molecule has 3 rings (SSSR count). The summed E-state index contributed by atoms with van der Waals surface area (Å²) in [6, 6.07) is 8.65. The normalized spacial score (nSPS) is 32.0. The molecular weight excluding hydrogens is 248 g/mol. The van der Waals surface area contributed by atoms with Gasteiger partial charge in [0.15, 0.2) is 6.23 Å². The van der Waals surface area contributed by atoms with Crippen LogP contribution < -0.4 is 15.4 Å². The molecule has 0 radical (unpaired) electrons. The van der Waals surface area contributed by atoms with Gasteiger partial charge in [0, 0.05) is 11.6 Å². The molecule has 20 heavy (non-hydrogen) atoms. The summed E-state index contributed by atoms with van der Waals surface area (Å²) in [5.41, 5.74) is 1.29. The van der Waals surface area contributed by atoms with Crippen molar-refractivity contribution in [3.63, 3.8) is 0 Å². The third-order valence-corrected chi connectivity index (χ3v) is 3.85. The quantitative estimate of drug-likeness (QED) is 0.827. The lowest BCUT2D eigenvalue weighted by Crippen LogP contribution is -2.60. The van der Waals surface area contributed by atoms with Crippen LogP contribution in [0.25, 0.3) is 0 Å². The van der Waals surface area contributed by atoms with Gasteiger partial charge < -0.3 is 4.74 Å². The Labute approximate surface area is 120 Å². The molecule has 4 atom stereocenters. The summed E-state index contributed by atoms with van der Waals surface area (Å²) >= 11 is 0. The maximum Gasteiger partial charge on any atom is 0.160 e. The van der Waals surface area contributed by atoms with E-state index in [1.165, 1.54) is 5.56 Å². The molecule has 1 fully saturated rings. The second kappa shape index (κ2) is 5.65. The van der Waals surface area contributed by atoms with Crippen molar-refractivity contribution in [1.82, 2.24) is 10.6 Å². The van der Waals surface area contributed by atoms with Gasteiger partial charge >= 0.3 is 0 Å². The predicted octanol–water partition coefficient (Wildman–Crippen LogP) is 2.69. The number of allylic oxidation sites excluding steroid dienone is 4. The molecule has 1 saturated heterocycles. The smallest absolute Gasteiger partial charge is 0.160 e. The van der Waals surface area contributed by atoms with Crippen LogP contribution in [-0.2, 0) is 0 Å². The molecule has 104 valence electrons. The molecular formula is C17H20N2O. The van der Waals surface area contributed by atoms with Crippen molar-refractivity contribution in [2.45, 2.75) is 31.3 Å². The molecule has 1 aromatic carbocycles. The number of para-hydroxylation sites is 1. The average molecular weight is 268 g/mol. The van der Waals surface area contributed by atoms with E-state index < -0.39 is 0 Å². The highest BCUT2D eigenvalue weighted by Gasteiger charge is 2.42. The minimum absolute atomic E-state index is 0.0432. The zero-order chi connectivity index (χ0) is 13.9. The van der Waals surface area contributed by atoms with Gasteiger partial charge in [0.2, 0.25) is 0 Å². The van der Waals surface area contributed by atoms with Gasteiger partial charge in [-0.15, -0.1) is 0 Å². The first kappa shape index (κ1) is 13.2. The van der Waals surface area contributed by atoms with Crippen LogP contribution in [-0.4, -0.2) is 18.4 Å². The third-order valence-electron chi connectivity index (χ3n) is 3.85. The van der Waals surface area contributed by atoms with Gasteiger partial charge in [-0.05, 0) is 13.0 Å². The van der Waals surface area contributed by atoms with Crippen LogP contribution in [0.15, 0.2) is 61.2 Å². The predicted molar refractivity (Wildman–Crippen MR) is 81.6 cm³/mol. The lowest BCUT2D eigenvalue weighted by molar-refractivity contribution is 0.101. The fourth-order valence-corrected chi connectivity index (χ4v) is 2.95. The molecule has 0 aromatic heterocycles. The Morgan fingerprint density at radius 1 is 1.15 bits per heavy atom. The monoisotopic (exact) mass is 268 g/mol. The SMILES string of the molecule is C=C/C=C\C=C\C1NC(C)C2c3ccccc3OC2N1. The summed E-state index contributed by atoms with van der Waals surface area (Å²) in [7, 11) is 0. The summed E-state index contributed by atoms with van der Waals surface area (Å²) in [6.07, 6.45) is 9.92. The van der Waals surface area contributed by atoms with Gasteiger partial charge in [0.25, 0.3) is 0 Å². The minimum Gasteiger partial charge on any atom is -0.474 e. The second-order valence-corrected chi connectivity index (χ2v) is 5.21. The first-order valence-electron chi connectivity index (χ1n) is 7.03. The van der Waals surface area contributed by atoms with Gasteiger partial charge in [-0.25, -0.2) is 0 Å². The largest absolute Gasteiger partial charge is 0.474 e. The number of benzene rings is 1. The lowest BCUT2D eigenvalue weighted by atomic mass is 9.90. The Hall–Kier alpha value is -1.84. The van der Waals surface area contributed by atoms with Crippen LogP contribution in [0.3, 0.4) is 0 Å². The van der Waals surface area contributed by atoms with Crippen molar-refractivity contribution < 1.29 is 4.74 Å². The number of hydrogen-bond donors (Lipinski definition) is 2. The molecule has 2 heterocycles. The molecule has 3 nitrogen and oxygen atoms in total. The van der Waals surface area contributed by atoms with Crippen molar-refractivity contribution in [2.75, 3.05) is 0 Å². The van der Waals surface area contributed by atoms with Crippen LogP contribution in [0.2, 0.25) is 0 Å². The van der Waals surface area contributed by atoms with Crippen molar-refractivity contribution in [2.24, 2.45) is 0 Å². The van der Waals surface area contributed by atoms with E-state index in [4.69, 9.17) is 4.74 Å². The summed E-state index contributed by atoms with van der Waals surface area (Å²) in [5.74, 6) is 1.36. The molecule has 2 aliphatic rings. The number of fused-ring (bicyclic) bond motifs is 3. The maximum atomic E-state index is 6.02. The Bertz CT molecular complexity index is 550. The zero-order valence-corrected chi connectivity index (χ0v) is 11.6. The van der Waals surface area contributed by atoms with Crippen LogP contribution in [0.1, 0.15) is 18.4 Å². The highest BCUT2D eigenvalue weighted by atomic mass is 16.5. The maximum absolute atomic E-state index is 6.02. The zero-order valence-electron chi connectivity index (χ0n) is 11.6. The molecule has 0 bridgehead atoms. The van der Waals surface area contributed by atoms with E-state index >= 15 is 0 Å². The molecule has 2 N–H and O–H groups in total. The second-order valence-electron chi connectivity index (χ2n) is 5.21. The molecule has 0 aliphatic carbocycles. The van der Waals surface area contributed by atoms with Gasteiger partial charge in [-0.1, -0.05) is 55.2 Å². The number of ether oxygens (including phenoxy) is 1. The van der Waals surface area contributed by atoms with Gasteiger partial charge in [-0.3, -0.25) is 10.6 Å². The van der Waals surface area contributed by atoms with E-state index in [0.717, 1.165) is 5.75 Å². The summed E-state index contributed by atoms with van der Waals surface area (Å²) in [6.45, 7) is 5.86. The highest BCUT2D eigenvalue weighted by molar-refractivity contribution is 5.42. The number of hydrogen-bond acceptors (Lipinski definition) is 3. The molecule has 1 aromatic rings. The van der Waals surface area contributed by atoms with Crippen molar-refractivity contribution >= 4 is 0 Å². The Balaban J connectivity index is 1.73. The fourth-order valence-electron chi connectivity index (χ4n) is 2.95. The van der Waals surface area contributed by atoms with E-state index in [9.17, 15) is 0 Å². The van der Waals surface area contributed by atoms with E-state index in [1.807, 2.05) is 30.4 Å². The van der Waals surface area contributed by atoms with Crippen LogP contribution in [0, 0.1) is 0 Å². The van der Waals surface area contributed by atoms with Crippen LogP contribution >= 0.6 is 0 Å². The van der Waals surface area contributed by atoms with Crippen molar-refractivity contribution in [3.8, 4) is 5.75 Å². The average Bonchev–Trinajstić information content (AvgIpc) is 2.82. The van der Waals surface area contributed by atoms with E-state index in [1.54, 1.807) is 6.08 Å². The van der Waals surface area contributed by atoms with Crippen LogP contribution in [0.4, 0.5) is 0 Å². The first-order valence-corrected chi connectivity index (χ1v) is 7.03. The first-order chi connectivity index (χ1) is 9.79. The Kier molecular flexibility index (Phi) is 3.72. The van der Waals surface area contributed by atoms with E-state index in [2.05, 4.69) is 42.3 Å². The van der Waals surface area contributed by atoms with E-state index in [-0.39, 0.29) is 12.4 Å². The summed E-state index contributed by atoms with van der Waals surface area (Å²) in [5, 5.41) is 7.06. The highest BCUT2D eigenvalue weighted by Crippen LogP contribution is 2.40. The molecule has 0 amide bonds. The molecule has 0 saturated carbocycles. The Morgan fingerprint density at radius 2 is 2.00 bits per heavy atom. The van der Waals surface area contributed by atoms with Gasteiger partial charge in [0.1, 0.15) is 5.75 Å². The minimum atomic E-state index is 0.0432. The van der Waals surface area contributed by atoms with Crippen molar-refractivity contribution in [1.29, 1.82) is 0 Å². The van der Waals surface area contributed by atoms with E-state index in [0.29, 0.717) is 12.0 Å². The van der Waals surface area contributed by atoms with Crippen LogP contribution in [0.5, 0.6) is 5.75 Å².